The van der Waals surface area contributed by atoms with Gasteiger partial charge in [-0.3, -0.25) is 14.4 Å². The van der Waals surface area contributed by atoms with Crippen molar-refractivity contribution in [3.05, 3.63) is 53.3 Å². The Hall–Kier alpha value is -3.58. The van der Waals surface area contributed by atoms with Gasteiger partial charge in [0.15, 0.2) is 0 Å². The first-order valence-corrected chi connectivity index (χ1v) is 14.2. The van der Waals surface area contributed by atoms with Crippen LogP contribution in [0.3, 0.4) is 0 Å². The van der Waals surface area contributed by atoms with E-state index in [2.05, 4.69) is 10.6 Å². The molecule has 2 aromatic carbocycles. The maximum atomic E-state index is 13.7. The van der Waals surface area contributed by atoms with Crippen molar-refractivity contribution in [2.45, 2.75) is 63.6 Å². The molecule has 2 rings (SSSR count). The van der Waals surface area contributed by atoms with Gasteiger partial charge in [0.25, 0.3) is 0 Å². The van der Waals surface area contributed by atoms with Crippen molar-refractivity contribution in [2.75, 3.05) is 33.3 Å². The van der Waals surface area contributed by atoms with Gasteiger partial charge in [0, 0.05) is 26.1 Å². The van der Waals surface area contributed by atoms with Crippen molar-refractivity contribution in [3.8, 4) is 16.9 Å². The van der Waals surface area contributed by atoms with Gasteiger partial charge in [-0.2, -0.15) is 0 Å². The van der Waals surface area contributed by atoms with Crippen LogP contribution in [0.1, 0.15) is 43.2 Å². The van der Waals surface area contributed by atoms with E-state index in [1.165, 1.54) is 24.1 Å². The summed E-state index contributed by atoms with van der Waals surface area (Å²) in [5.41, 5.74) is 19.7. The van der Waals surface area contributed by atoms with E-state index in [-0.39, 0.29) is 43.6 Å². The number of carbonyl (C=O) groups excluding carboxylic acids is 3. The summed E-state index contributed by atoms with van der Waals surface area (Å²) in [4.78, 5) is 40.1. The molecule has 1 unspecified atom stereocenters. The van der Waals surface area contributed by atoms with Crippen LogP contribution in [-0.4, -0.2) is 84.2 Å². The van der Waals surface area contributed by atoms with Crippen LogP contribution in [0.4, 0.5) is 4.39 Å². The highest BCUT2D eigenvalue weighted by Crippen LogP contribution is 2.28. The number of hydrogen-bond donors (Lipinski definition) is 7. The molecule has 0 fully saturated rings. The highest BCUT2D eigenvalue weighted by molar-refractivity contribution is 5.92. The molecule has 0 bridgehead atoms. The molecule has 0 aliphatic heterocycles. The highest BCUT2D eigenvalue weighted by Gasteiger charge is 2.27. The van der Waals surface area contributed by atoms with Crippen molar-refractivity contribution in [2.24, 2.45) is 17.2 Å². The summed E-state index contributed by atoms with van der Waals surface area (Å²) in [7, 11) is 1.46. The second-order valence-corrected chi connectivity index (χ2v) is 10.5. The van der Waals surface area contributed by atoms with Crippen molar-refractivity contribution < 1.29 is 29.0 Å². The van der Waals surface area contributed by atoms with Crippen molar-refractivity contribution >= 4 is 17.7 Å². The topological polar surface area (TPSA) is 197 Å². The molecule has 0 saturated carbocycles. The normalized spacial score (nSPS) is 13.2. The van der Waals surface area contributed by atoms with Crippen LogP contribution in [0.15, 0.2) is 36.4 Å². The Morgan fingerprint density at radius 2 is 1.62 bits per heavy atom. The minimum absolute atomic E-state index is 0.0171. The Morgan fingerprint density at radius 1 is 0.976 bits per heavy atom. The lowest BCUT2D eigenvalue weighted by Gasteiger charge is -2.26. The maximum Gasteiger partial charge on any atom is 0.245 e. The number of phenols is 1. The second-order valence-electron chi connectivity index (χ2n) is 10.5. The van der Waals surface area contributed by atoms with Crippen LogP contribution in [0.25, 0.3) is 11.1 Å². The third kappa shape index (κ3) is 10.7. The monoisotopic (exact) mass is 588 g/mol. The van der Waals surface area contributed by atoms with Crippen LogP contribution >= 0.6 is 0 Å². The van der Waals surface area contributed by atoms with Crippen molar-refractivity contribution in [3.63, 3.8) is 0 Å². The molecule has 0 saturated heterocycles. The molecule has 3 atom stereocenters. The van der Waals surface area contributed by atoms with E-state index in [0.717, 1.165) is 11.1 Å². The molecule has 0 aliphatic carbocycles. The summed E-state index contributed by atoms with van der Waals surface area (Å²) in [6.45, 7) is 2.08. The minimum Gasteiger partial charge on any atom is -0.508 e. The number of phenolic OH excluding ortho intramolecular Hbond substituents is 1. The van der Waals surface area contributed by atoms with E-state index >= 15 is 0 Å². The van der Waals surface area contributed by atoms with E-state index in [4.69, 9.17) is 17.2 Å². The Kier molecular flexibility index (Phi) is 14.3. The van der Waals surface area contributed by atoms with Gasteiger partial charge in [-0.15, -0.1) is 0 Å². The molecular weight excluding hydrogens is 543 g/mol. The number of aliphatic hydroxyl groups excluding tert-OH is 1. The Balaban J connectivity index is 2.07. The summed E-state index contributed by atoms with van der Waals surface area (Å²) in [5.74, 6) is -1.84. The van der Waals surface area contributed by atoms with Gasteiger partial charge in [0.1, 0.15) is 17.6 Å². The van der Waals surface area contributed by atoms with Crippen molar-refractivity contribution in [1.29, 1.82) is 0 Å². The Bertz CT molecular complexity index is 1200. The predicted octanol–water partition coefficient (Wildman–Crippen LogP) is 0.665. The lowest BCUT2D eigenvalue weighted by Crippen LogP contribution is -2.54. The maximum absolute atomic E-state index is 13.7. The number of likely N-dealkylation sites (N-methyl/N-ethyl adjacent to an activating group) is 1. The number of rotatable bonds is 17. The number of carbonyl (C=O) groups is 3. The average molecular weight is 589 g/mol. The van der Waals surface area contributed by atoms with Crippen LogP contribution in [0.5, 0.6) is 5.75 Å². The minimum atomic E-state index is -1.09. The van der Waals surface area contributed by atoms with Crippen LogP contribution in [-0.2, 0) is 20.8 Å². The number of hydrogen-bond acceptors (Lipinski definition) is 8. The molecule has 10 N–H and O–H groups in total. The van der Waals surface area contributed by atoms with E-state index < -0.39 is 29.8 Å². The molecule has 42 heavy (non-hydrogen) atoms. The molecule has 0 spiro atoms. The van der Waals surface area contributed by atoms with Crippen LogP contribution < -0.4 is 27.8 Å². The molecule has 0 aromatic heterocycles. The number of nitrogens with zero attached hydrogens (tertiary/aromatic N) is 1. The third-order valence-corrected chi connectivity index (χ3v) is 7.02. The highest BCUT2D eigenvalue weighted by atomic mass is 19.1. The fourth-order valence-electron chi connectivity index (χ4n) is 4.58. The summed E-state index contributed by atoms with van der Waals surface area (Å²) in [6.07, 6.45) is 2.34. The largest absolute Gasteiger partial charge is 0.508 e. The number of amides is 3. The predicted molar refractivity (Wildman–Crippen MR) is 160 cm³/mol. The molecule has 0 aliphatic rings. The fraction of sp³-hybridized carbons (Fsp3) is 0.500. The second kappa shape index (κ2) is 17.4. The van der Waals surface area contributed by atoms with Gasteiger partial charge >= 0.3 is 0 Å². The molecule has 3 amide bonds. The summed E-state index contributed by atoms with van der Waals surface area (Å²) < 4.78 is 13.7. The summed E-state index contributed by atoms with van der Waals surface area (Å²) in [5, 5.41) is 25.2. The van der Waals surface area contributed by atoms with E-state index in [0.29, 0.717) is 49.9 Å². The smallest absolute Gasteiger partial charge is 0.245 e. The SMILES string of the molecule is Cc1cc(-c2ccc(O)c(CC(N)C(=O)N[C@@H](CCCN)C(=O)N(C)CC(=O)N[C@H](CCO)CCCN)c2)ccc1F. The molecular formula is C30H45FN6O5. The molecule has 11 nitrogen and oxygen atoms in total. The van der Waals surface area contributed by atoms with E-state index in [1.54, 1.807) is 31.2 Å². The van der Waals surface area contributed by atoms with E-state index in [9.17, 15) is 29.0 Å². The number of aromatic hydroxyl groups is 1. The number of nitrogens with two attached hydrogens (primary N) is 3. The van der Waals surface area contributed by atoms with Gasteiger partial charge in [0.05, 0.1) is 12.6 Å². The number of nitrogens with one attached hydrogen (secondary N) is 2. The molecule has 0 radical (unpaired) electrons. The molecule has 12 heteroatoms. The van der Waals surface area contributed by atoms with Gasteiger partial charge < -0.3 is 42.9 Å². The first-order valence-electron chi connectivity index (χ1n) is 14.2. The zero-order chi connectivity index (χ0) is 31.2. The molecule has 2 aromatic rings. The van der Waals surface area contributed by atoms with Crippen molar-refractivity contribution in [1.82, 2.24) is 15.5 Å². The first kappa shape index (κ1) is 34.6. The van der Waals surface area contributed by atoms with Gasteiger partial charge in [-0.25, -0.2) is 4.39 Å². The molecule has 0 heterocycles. The average Bonchev–Trinajstić information content (AvgIpc) is 2.96. The quantitative estimate of drug-likeness (QED) is 0.140. The number of benzene rings is 2. The van der Waals surface area contributed by atoms with Gasteiger partial charge in [0.2, 0.25) is 17.7 Å². The van der Waals surface area contributed by atoms with Crippen LogP contribution in [0.2, 0.25) is 0 Å². The van der Waals surface area contributed by atoms with E-state index in [1.807, 2.05) is 0 Å². The zero-order valence-corrected chi connectivity index (χ0v) is 24.4. The standard InChI is InChI=1S/C30H45FN6O5/c1-19-15-20(7-9-24(19)31)21-8-10-27(39)22(16-21)17-25(34)29(41)36-26(6-4-13-33)30(42)37(2)18-28(40)35-23(11-14-38)5-3-12-32/h7-10,15-16,23,25-26,38-39H,3-6,11-14,17-18,32-34H2,1-2H3,(H,35,40)(H,36,41)/t23-,25?,26-/m0/s1. The van der Waals surface area contributed by atoms with Crippen LogP contribution in [0, 0.1) is 12.7 Å². The number of aryl methyl sites for hydroxylation is 1. The zero-order valence-electron chi connectivity index (χ0n) is 24.4. The fourth-order valence-corrected chi connectivity index (χ4v) is 4.58. The number of aliphatic hydroxyl groups is 1. The van der Waals surface area contributed by atoms with Gasteiger partial charge in [-0.05, 0) is 98.6 Å². The summed E-state index contributed by atoms with van der Waals surface area (Å²) >= 11 is 0. The lowest BCUT2D eigenvalue weighted by atomic mass is 9.97. The van der Waals surface area contributed by atoms with Gasteiger partial charge in [-0.1, -0.05) is 12.1 Å². The first-order chi connectivity index (χ1) is 20.0. The Morgan fingerprint density at radius 3 is 2.26 bits per heavy atom. The molecule has 232 valence electrons. The number of halogens is 1. The summed E-state index contributed by atoms with van der Waals surface area (Å²) in [6, 6.07) is 7.24. The lowest BCUT2D eigenvalue weighted by molar-refractivity contribution is -0.138. The third-order valence-electron chi connectivity index (χ3n) is 7.02. The Labute approximate surface area is 246 Å².